The average molecular weight is 263 g/mol. The van der Waals surface area contributed by atoms with Gasteiger partial charge in [-0.1, -0.05) is 28.1 Å². The average Bonchev–Trinajstić information content (AvgIpc) is 2.61. The summed E-state index contributed by atoms with van der Waals surface area (Å²) in [4.78, 5) is 0. The van der Waals surface area contributed by atoms with Gasteiger partial charge in [0.05, 0.1) is 5.56 Å². The smallest absolute Gasteiger partial charge is 0.154 e. The quantitative estimate of drug-likeness (QED) is 0.828. The molecule has 3 N–H and O–H groups in total. The number of nitrogens with zero attached hydrogens (tertiary/aromatic N) is 2. The lowest BCUT2D eigenvalue weighted by atomic mass is 10.1. The van der Waals surface area contributed by atoms with Gasteiger partial charge in [0.25, 0.3) is 0 Å². The van der Waals surface area contributed by atoms with Crippen molar-refractivity contribution in [3.05, 3.63) is 34.4 Å². The number of nitrogens with two attached hydrogens (primary N) is 1. The summed E-state index contributed by atoms with van der Waals surface area (Å²) in [6.07, 6.45) is 0. The number of nitrogens with one attached hydrogen (secondary N) is 1. The maximum absolute atomic E-state index is 8.86. The van der Waals surface area contributed by atoms with Crippen molar-refractivity contribution in [3.8, 4) is 17.2 Å². The number of aromatic nitrogens is 2. The summed E-state index contributed by atoms with van der Waals surface area (Å²) in [5.74, 6) is 0.342. The zero-order valence-electron chi connectivity index (χ0n) is 7.66. The number of benzene rings is 1. The molecule has 0 aliphatic rings. The highest BCUT2D eigenvalue weighted by Crippen LogP contribution is 2.28. The number of hydrogen-bond donors (Lipinski definition) is 2. The van der Waals surface area contributed by atoms with Gasteiger partial charge in [-0.15, -0.1) is 0 Å². The van der Waals surface area contributed by atoms with Crippen LogP contribution in [0.5, 0.6) is 0 Å². The van der Waals surface area contributed by atoms with E-state index in [-0.39, 0.29) is 0 Å². The SMILES string of the molecule is N#Cc1[nH]nc(N)c1-c1ccc(Br)cc1. The Morgan fingerprint density at radius 1 is 1.33 bits per heavy atom. The molecule has 0 radical (unpaired) electrons. The first kappa shape index (κ1) is 9.74. The van der Waals surface area contributed by atoms with Gasteiger partial charge in [0, 0.05) is 4.47 Å². The zero-order valence-corrected chi connectivity index (χ0v) is 9.25. The summed E-state index contributed by atoms with van der Waals surface area (Å²) in [7, 11) is 0. The van der Waals surface area contributed by atoms with Crippen molar-refractivity contribution < 1.29 is 0 Å². The maximum atomic E-state index is 8.86. The maximum Gasteiger partial charge on any atom is 0.154 e. The summed E-state index contributed by atoms with van der Waals surface area (Å²) in [5, 5.41) is 15.3. The zero-order chi connectivity index (χ0) is 10.8. The van der Waals surface area contributed by atoms with Gasteiger partial charge in [-0.25, -0.2) is 0 Å². The molecule has 1 aromatic carbocycles. The van der Waals surface area contributed by atoms with Crippen LogP contribution in [0.2, 0.25) is 0 Å². The minimum absolute atomic E-state index is 0.342. The number of aromatic amines is 1. The van der Waals surface area contributed by atoms with Crippen molar-refractivity contribution in [1.29, 1.82) is 5.26 Å². The number of rotatable bonds is 1. The molecule has 0 aliphatic heterocycles. The van der Waals surface area contributed by atoms with Crippen molar-refractivity contribution in [3.63, 3.8) is 0 Å². The Kier molecular flexibility index (Phi) is 2.44. The lowest BCUT2D eigenvalue weighted by Gasteiger charge is -1.99. The molecule has 1 aromatic heterocycles. The van der Waals surface area contributed by atoms with Crippen LogP contribution in [0.1, 0.15) is 5.69 Å². The predicted molar refractivity (Wildman–Crippen MR) is 60.9 cm³/mol. The predicted octanol–water partition coefficient (Wildman–Crippen LogP) is 2.29. The third-order valence-electron chi connectivity index (χ3n) is 2.04. The van der Waals surface area contributed by atoms with E-state index in [1.54, 1.807) is 0 Å². The highest BCUT2D eigenvalue weighted by Gasteiger charge is 2.11. The second-order valence-electron chi connectivity index (χ2n) is 2.98. The van der Waals surface area contributed by atoms with Gasteiger partial charge in [0.2, 0.25) is 0 Å². The number of anilines is 1. The fraction of sp³-hybridized carbons (Fsp3) is 0. The van der Waals surface area contributed by atoms with E-state index in [2.05, 4.69) is 26.1 Å². The normalized spacial score (nSPS) is 9.87. The van der Waals surface area contributed by atoms with Crippen LogP contribution in [0, 0.1) is 11.3 Å². The monoisotopic (exact) mass is 262 g/mol. The molecule has 5 heteroatoms. The fourth-order valence-corrected chi connectivity index (χ4v) is 1.61. The number of nitriles is 1. The Morgan fingerprint density at radius 2 is 2.00 bits per heavy atom. The molecular weight excluding hydrogens is 256 g/mol. The van der Waals surface area contributed by atoms with Crippen molar-refractivity contribution >= 4 is 21.7 Å². The molecule has 74 valence electrons. The van der Waals surface area contributed by atoms with E-state index >= 15 is 0 Å². The van der Waals surface area contributed by atoms with Crippen molar-refractivity contribution in [1.82, 2.24) is 10.2 Å². The Hall–Kier alpha value is -1.80. The van der Waals surface area contributed by atoms with Crippen molar-refractivity contribution in [2.24, 2.45) is 0 Å². The van der Waals surface area contributed by atoms with Crippen molar-refractivity contribution in [2.45, 2.75) is 0 Å². The number of halogens is 1. The van der Waals surface area contributed by atoms with Crippen LogP contribution in [-0.2, 0) is 0 Å². The van der Waals surface area contributed by atoms with E-state index in [1.807, 2.05) is 30.3 Å². The Labute approximate surface area is 94.9 Å². The summed E-state index contributed by atoms with van der Waals surface area (Å²) < 4.78 is 0.979. The van der Waals surface area contributed by atoms with Crippen LogP contribution >= 0.6 is 15.9 Å². The number of H-pyrrole nitrogens is 1. The van der Waals surface area contributed by atoms with Gasteiger partial charge in [-0.3, -0.25) is 5.10 Å². The van der Waals surface area contributed by atoms with Crippen LogP contribution in [0.25, 0.3) is 11.1 Å². The molecule has 15 heavy (non-hydrogen) atoms. The van der Waals surface area contributed by atoms with E-state index in [0.717, 1.165) is 10.0 Å². The van der Waals surface area contributed by atoms with Gasteiger partial charge in [-0.05, 0) is 17.7 Å². The van der Waals surface area contributed by atoms with Gasteiger partial charge in [0.1, 0.15) is 11.8 Å². The van der Waals surface area contributed by atoms with E-state index in [4.69, 9.17) is 11.0 Å². The minimum Gasteiger partial charge on any atom is -0.382 e. The van der Waals surface area contributed by atoms with Crippen LogP contribution in [0.3, 0.4) is 0 Å². The molecule has 0 amide bonds. The van der Waals surface area contributed by atoms with Crippen LogP contribution < -0.4 is 5.73 Å². The second kappa shape index (κ2) is 3.75. The fourth-order valence-electron chi connectivity index (χ4n) is 1.35. The van der Waals surface area contributed by atoms with Gasteiger partial charge >= 0.3 is 0 Å². The summed E-state index contributed by atoms with van der Waals surface area (Å²) in [5.41, 5.74) is 7.60. The molecule has 2 rings (SSSR count). The largest absolute Gasteiger partial charge is 0.382 e. The van der Waals surface area contributed by atoms with Gasteiger partial charge in [-0.2, -0.15) is 10.4 Å². The van der Waals surface area contributed by atoms with Crippen LogP contribution in [-0.4, -0.2) is 10.2 Å². The standard InChI is InChI=1S/C10H7BrN4/c11-7-3-1-6(2-4-7)9-8(5-12)14-15-10(9)13/h1-4H,(H3,13,14,15). The first-order valence-electron chi connectivity index (χ1n) is 4.22. The molecule has 1 heterocycles. The second-order valence-corrected chi connectivity index (χ2v) is 3.89. The summed E-state index contributed by atoms with van der Waals surface area (Å²) >= 11 is 3.34. The van der Waals surface area contributed by atoms with E-state index in [1.165, 1.54) is 0 Å². The molecule has 0 aliphatic carbocycles. The first-order valence-corrected chi connectivity index (χ1v) is 5.01. The van der Waals surface area contributed by atoms with Crippen LogP contribution in [0.4, 0.5) is 5.82 Å². The lowest BCUT2D eigenvalue weighted by molar-refractivity contribution is 1.08. The third kappa shape index (κ3) is 1.72. The van der Waals surface area contributed by atoms with Gasteiger partial charge in [0.15, 0.2) is 5.82 Å². The molecular formula is C10H7BrN4. The molecule has 0 bridgehead atoms. The molecule has 0 fully saturated rings. The number of hydrogen-bond acceptors (Lipinski definition) is 3. The summed E-state index contributed by atoms with van der Waals surface area (Å²) in [6.45, 7) is 0. The van der Waals surface area contributed by atoms with E-state index < -0.39 is 0 Å². The third-order valence-corrected chi connectivity index (χ3v) is 2.57. The molecule has 0 atom stereocenters. The van der Waals surface area contributed by atoms with Crippen molar-refractivity contribution in [2.75, 3.05) is 5.73 Å². The minimum atomic E-state index is 0.342. The molecule has 4 nitrogen and oxygen atoms in total. The lowest BCUT2D eigenvalue weighted by Crippen LogP contribution is -1.88. The van der Waals surface area contributed by atoms with E-state index in [9.17, 15) is 0 Å². The van der Waals surface area contributed by atoms with Gasteiger partial charge < -0.3 is 5.73 Å². The highest BCUT2D eigenvalue weighted by atomic mass is 79.9. The molecule has 2 aromatic rings. The Balaban J connectivity index is 2.59. The Morgan fingerprint density at radius 3 is 2.60 bits per heavy atom. The molecule has 0 saturated carbocycles. The molecule has 0 spiro atoms. The van der Waals surface area contributed by atoms with E-state index in [0.29, 0.717) is 17.1 Å². The van der Waals surface area contributed by atoms with Crippen LogP contribution in [0.15, 0.2) is 28.7 Å². The summed E-state index contributed by atoms with van der Waals surface area (Å²) in [6, 6.07) is 9.57. The first-order chi connectivity index (χ1) is 7.22. The molecule has 0 saturated heterocycles. The Bertz CT molecular complexity index is 521. The topological polar surface area (TPSA) is 78.5 Å². The number of nitrogen functional groups attached to an aromatic ring is 1. The highest BCUT2D eigenvalue weighted by molar-refractivity contribution is 9.10. The molecule has 0 unspecified atom stereocenters.